The number of benzene rings is 2. The topological polar surface area (TPSA) is 101 Å². The van der Waals surface area contributed by atoms with Crippen molar-refractivity contribution in [1.82, 2.24) is 5.32 Å². The van der Waals surface area contributed by atoms with E-state index in [0.29, 0.717) is 37.7 Å². The van der Waals surface area contributed by atoms with Gasteiger partial charge in [-0.3, -0.25) is 15.0 Å². The molecule has 0 unspecified atom stereocenters. The van der Waals surface area contributed by atoms with Crippen molar-refractivity contribution >= 4 is 63.7 Å². The maximum atomic E-state index is 12.1. The molecular formula is C19H15Cl2N3O4S. The summed E-state index contributed by atoms with van der Waals surface area (Å²) in [5.41, 5.74) is 1.20. The molecule has 7 nitrogen and oxygen atoms in total. The summed E-state index contributed by atoms with van der Waals surface area (Å²) in [5, 5.41) is 13.4. The average molecular weight is 452 g/mol. The number of nitrogens with one attached hydrogen (secondary N) is 3. The van der Waals surface area contributed by atoms with Crippen LogP contribution in [0, 0.1) is 5.41 Å². The van der Waals surface area contributed by atoms with Gasteiger partial charge in [0.1, 0.15) is 0 Å². The number of thioether (sulfide) groups is 1. The Bertz CT molecular complexity index is 1030. The third-order valence-electron chi connectivity index (χ3n) is 3.71. The number of ether oxygens (including phenoxy) is 2. The summed E-state index contributed by atoms with van der Waals surface area (Å²) in [7, 11) is 1.47. The minimum atomic E-state index is -0.380. The number of carbonyl (C=O) groups is 2. The van der Waals surface area contributed by atoms with Gasteiger partial charge in [0.05, 0.1) is 22.1 Å². The number of hydrogen-bond donors (Lipinski definition) is 3. The lowest BCUT2D eigenvalue weighted by Crippen LogP contribution is -2.20. The van der Waals surface area contributed by atoms with Crippen LogP contribution in [0.5, 0.6) is 11.5 Å². The van der Waals surface area contributed by atoms with Gasteiger partial charge in [-0.1, -0.05) is 29.3 Å². The summed E-state index contributed by atoms with van der Waals surface area (Å²) in [5.74, 6) is 0.0721. The number of methoxy groups -OCH3 is 1. The van der Waals surface area contributed by atoms with E-state index >= 15 is 0 Å². The van der Waals surface area contributed by atoms with Crippen molar-refractivity contribution in [1.29, 1.82) is 5.41 Å². The van der Waals surface area contributed by atoms with E-state index in [1.165, 1.54) is 7.11 Å². The number of hydrogen-bond acceptors (Lipinski definition) is 6. The van der Waals surface area contributed by atoms with Gasteiger partial charge in [-0.05, 0) is 53.7 Å². The summed E-state index contributed by atoms with van der Waals surface area (Å²) in [6.07, 6.45) is 1.64. The quantitative estimate of drug-likeness (QED) is 0.572. The minimum Gasteiger partial charge on any atom is -0.493 e. The van der Waals surface area contributed by atoms with Gasteiger partial charge < -0.3 is 20.1 Å². The summed E-state index contributed by atoms with van der Waals surface area (Å²) < 4.78 is 10.9. The largest absolute Gasteiger partial charge is 0.493 e. The van der Waals surface area contributed by atoms with E-state index in [0.717, 1.165) is 11.8 Å². The highest BCUT2D eigenvalue weighted by atomic mass is 35.5. The first kappa shape index (κ1) is 21.0. The number of carbonyl (C=O) groups excluding carboxylic acids is 2. The summed E-state index contributed by atoms with van der Waals surface area (Å²) >= 11 is 12.8. The van der Waals surface area contributed by atoms with Gasteiger partial charge in [0.15, 0.2) is 23.3 Å². The highest BCUT2D eigenvalue weighted by Gasteiger charge is 2.22. The Labute approximate surface area is 180 Å². The van der Waals surface area contributed by atoms with Crippen LogP contribution in [0.1, 0.15) is 5.56 Å². The molecule has 0 aliphatic carbocycles. The van der Waals surface area contributed by atoms with Gasteiger partial charge in [0.2, 0.25) is 0 Å². The Balaban J connectivity index is 1.65. The second kappa shape index (κ2) is 9.21. The summed E-state index contributed by atoms with van der Waals surface area (Å²) in [6.45, 7) is -0.244. The zero-order valence-corrected chi connectivity index (χ0v) is 17.4. The number of amidine groups is 1. The van der Waals surface area contributed by atoms with Gasteiger partial charge in [-0.2, -0.15) is 0 Å². The monoisotopic (exact) mass is 451 g/mol. The van der Waals surface area contributed by atoms with E-state index in [1.807, 2.05) is 0 Å². The third kappa shape index (κ3) is 5.44. The Morgan fingerprint density at radius 1 is 1.21 bits per heavy atom. The van der Waals surface area contributed by atoms with E-state index in [-0.39, 0.29) is 23.6 Å². The van der Waals surface area contributed by atoms with Gasteiger partial charge in [-0.25, -0.2) is 0 Å². The van der Waals surface area contributed by atoms with Gasteiger partial charge >= 0.3 is 0 Å². The Morgan fingerprint density at radius 3 is 2.66 bits per heavy atom. The molecule has 0 bridgehead atoms. The summed E-state index contributed by atoms with van der Waals surface area (Å²) in [6, 6.07) is 9.79. The fourth-order valence-corrected chi connectivity index (χ4v) is 3.40. The van der Waals surface area contributed by atoms with Crippen LogP contribution in [-0.2, 0) is 9.59 Å². The van der Waals surface area contributed by atoms with Crippen LogP contribution in [0.2, 0.25) is 10.0 Å². The summed E-state index contributed by atoms with van der Waals surface area (Å²) in [4.78, 5) is 24.2. The molecule has 3 N–H and O–H groups in total. The van der Waals surface area contributed by atoms with Crippen molar-refractivity contribution in [3.8, 4) is 11.5 Å². The van der Waals surface area contributed by atoms with Gasteiger partial charge in [0.25, 0.3) is 11.8 Å². The fraction of sp³-hybridized carbons (Fsp3) is 0.105. The molecule has 10 heteroatoms. The lowest BCUT2D eigenvalue weighted by Gasteiger charge is -2.12. The van der Waals surface area contributed by atoms with Crippen molar-refractivity contribution in [2.24, 2.45) is 0 Å². The Kier molecular flexibility index (Phi) is 6.68. The second-order valence-electron chi connectivity index (χ2n) is 5.77. The van der Waals surface area contributed by atoms with Crippen LogP contribution in [-0.4, -0.2) is 30.7 Å². The predicted octanol–water partition coefficient (Wildman–Crippen LogP) is 4.16. The average Bonchev–Trinajstić information content (AvgIpc) is 3.00. The van der Waals surface area contributed by atoms with E-state index in [2.05, 4.69) is 10.6 Å². The van der Waals surface area contributed by atoms with Crippen LogP contribution < -0.4 is 20.1 Å². The minimum absolute atomic E-state index is 0.0844. The molecule has 0 spiro atoms. The Morgan fingerprint density at radius 2 is 2.00 bits per heavy atom. The zero-order valence-electron chi connectivity index (χ0n) is 15.0. The molecule has 29 heavy (non-hydrogen) atoms. The number of rotatable bonds is 6. The van der Waals surface area contributed by atoms with Crippen LogP contribution in [0.15, 0.2) is 41.3 Å². The molecule has 1 aliphatic heterocycles. The molecular weight excluding hydrogens is 437 g/mol. The van der Waals surface area contributed by atoms with Gasteiger partial charge in [0, 0.05) is 5.69 Å². The number of halogens is 2. The molecule has 1 fully saturated rings. The van der Waals surface area contributed by atoms with E-state index in [1.54, 1.807) is 42.5 Å². The lowest BCUT2D eigenvalue weighted by molar-refractivity contribution is -0.118. The maximum absolute atomic E-state index is 12.1. The molecule has 3 rings (SSSR count). The highest BCUT2D eigenvalue weighted by molar-refractivity contribution is 8.18. The zero-order chi connectivity index (χ0) is 21.0. The van der Waals surface area contributed by atoms with Crippen molar-refractivity contribution in [2.75, 3.05) is 19.0 Å². The van der Waals surface area contributed by atoms with E-state index in [4.69, 9.17) is 38.1 Å². The van der Waals surface area contributed by atoms with E-state index < -0.39 is 0 Å². The number of amides is 2. The van der Waals surface area contributed by atoms with Crippen LogP contribution in [0.3, 0.4) is 0 Å². The van der Waals surface area contributed by atoms with Crippen molar-refractivity contribution < 1.29 is 19.1 Å². The molecule has 1 saturated heterocycles. The van der Waals surface area contributed by atoms with Crippen molar-refractivity contribution in [3.63, 3.8) is 0 Å². The first-order valence-corrected chi connectivity index (χ1v) is 9.78. The standard InChI is InChI=1S/C19H15Cl2N3O4S/c1-27-15-6-10(7-16-18(26)24-19(22)29-16)2-5-14(15)28-9-17(25)23-11-3-4-12(20)13(21)8-11/h2-8H,9H2,1H3,(H,23,25)(H2,22,24,26)/b16-7-. The molecule has 2 aromatic rings. The number of anilines is 1. The van der Waals surface area contributed by atoms with E-state index in [9.17, 15) is 9.59 Å². The Hall–Kier alpha value is -2.68. The molecule has 0 radical (unpaired) electrons. The van der Waals surface area contributed by atoms with Crippen LogP contribution >= 0.6 is 35.0 Å². The van der Waals surface area contributed by atoms with Crippen LogP contribution in [0.4, 0.5) is 5.69 Å². The normalized spacial score (nSPS) is 14.7. The molecule has 1 heterocycles. The molecule has 150 valence electrons. The molecule has 2 amide bonds. The first-order chi connectivity index (χ1) is 13.9. The molecule has 0 aromatic heterocycles. The van der Waals surface area contributed by atoms with Crippen LogP contribution in [0.25, 0.3) is 6.08 Å². The van der Waals surface area contributed by atoms with Crippen molar-refractivity contribution in [3.05, 3.63) is 56.9 Å². The smallest absolute Gasteiger partial charge is 0.264 e. The SMILES string of the molecule is COc1cc(/C=C2\SC(=N)NC2=O)ccc1OCC(=O)Nc1ccc(Cl)c(Cl)c1. The predicted molar refractivity (Wildman–Crippen MR) is 115 cm³/mol. The molecule has 0 atom stereocenters. The first-order valence-electron chi connectivity index (χ1n) is 8.21. The van der Waals surface area contributed by atoms with Gasteiger partial charge in [-0.15, -0.1) is 0 Å². The third-order valence-corrected chi connectivity index (χ3v) is 5.28. The second-order valence-corrected chi connectivity index (χ2v) is 7.64. The lowest BCUT2D eigenvalue weighted by atomic mass is 10.2. The molecule has 2 aromatic carbocycles. The maximum Gasteiger partial charge on any atom is 0.264 e. The highest BCUT2D eigenvalue weighted by Crippen LogP contribution is 2.31. The molecule has 0 saturated carbocycles. The fourth-order valence-electron chi connectivity index (χ4n) is 2.40. The van der Waals surface area contributed by atoms with Crippen molar-refractivity contribution in [2.45, 2.75) is 0 Å². The molecule has 1 aliphatic rings.